The lowest BCUT2D eigenvalue weighted by Gasteiger charge is -2.20. The van der Waals surface area contributed by atoms with Gasteiger partial charge in [0.1, 0.15) is 17.3 Å². The van der Waals surface area contributed by atoms with Crippen molar-refractivity contribution in [3.63, 3.8) is 0 Å². The van der Waals surface area contributed by atoms with Crippen LogP contribution in [0.25, 0.3) is 0 Å². The van der Waals surface area contributed by atoms with Crippen LogP contribution in [0.3, 0.4) is 0 Å². The van der Waals surface area contributed by atoms with Gasteiger partial charge in [0.25, 0.3) is 5.91 Å². The van der Waals surface area contributed by atoms with Crippen molar-refractivity contribution in [3.8, 4) is 11.5 Å². The molecule has 0 aliphatic carbocycles. The van der Waals surface area contributed by atoms with Gasteiger partial charge in [-0.2, -0.15) is 0 Å². The Hall–Kier alpha value is -3.39. The van der Waals surface area contributed by atoms with Gasteiger partial charge < -0.3 is 19.4 Å². The van der Waals surface area contributed by atoms with Crippen molar-refractivity contribution in [2.24, 2.45) is 0 Å². The number of amides is 1. The van der Waals surface area contributed by atoms with Gasteiger partial charge in [-0.05, 0) is 36.8 Å². The van der Waals surface area contributed by atoms with Crippen molar-refractivity contribution in [2.75, 3.05) is 26.8 Å². The molecule has 2 heterocycles. The molecular weight excluding hydrogens is 406 g/mol. The lowest BCUT2D eigenvalue weighted by Crippen LogP contribution is -2.33. The fourth-order valence-electron chi connectivity index (χ4n) is 3.91. The number of para-hydroxylation sites is 1. The van der Waals surface area contributed by atoms with Gasteiger partial charge in [0, 0.05) is 32.6 Å². The van der Waals surface area contributed by atoms with E-state index in [9.17, 15) is 4.79 Å². The third-order valence-electron chi connectivity index (χ3n) is 5.57. The van der Waals surface area contributed by atoms with E-state index in [1.807, 2.05) is 49.4 Å². The molecule has 0 saturated heterocycles. The number of benzene rings is 2. The van der Waals surface area contributed by atoms with Gasteiger partial charge in [-0.3, -0.25) is 9.69 Å². The maximum Gasteiger partial charge on any atom is 0.258 e. The smallest absolute Gasteiger partial charge is 0.258 e. The zero-order chi connectivity index (χ0) is 22.3. The highest BCUT2D eigenvalue weighted by Crippen LogP contribution is 2.18. The zero-order valence-corrected chi connectivity index (χ0v) is 18.5. The second kappa shape index (κ2) is 10.3. The molecule has 1 amide bonds. The molecule has 0 saturated carbocycles. The molecule has 4 rings (SSSR count). The summed E-state index contributed by atoms with van der Waals surface area (Å²) in [5, 5.41) is 11.7. The molecule has 1 aromatic heterocycles. The largest absolute Gasteiger partial charge is 0.497 e. The normalized spacial score (nSPS) is 14.8. The predicted molar refractivity (Wildman–Crippen MR) is 120 cm³/mol. The highest BCUT2D eigenvalue weighted by molar-refractivity contribution is 5.77. The van der Waals surface area contributed by atoms with E-state index in [0.29, 0.717) is 5.75 Å². The van der Waals surface area contributed by atoms with Crippen LogP contribution in [0, 0.1) is 0 Å². The van der Waals surface area contributed by atoms with Gasteiger partial charge in [0.05, 0.1) is 13.2 Å². The maximum atomic E-state index is 12.4. The molecule has 0 unspecified atom stereocenters. The summed E-state index contributed by atoms with van der Waals surface area (Å²) in [5.41, 5.74) is 1.22. The fraction of sp³-hybridized carbons (Fsp3) is 0.375. The van der Waals surface area contributed by atoms with Crippen molar-refractivity contribution in [3.05, 3.63) is 71.8 Å². The van der Waals surface area contributed by atoms with E-state index >= 15 is 0 Å². The van der Waals surface area contributed by atoms with Gasteiger partial charge in [-0.1, -0.05) is 30.3 Å². The third-order valence-corrected chi connectivity index (χ3v) is 5.57. The predicted octanol–water partition coefficient (Wildman–Crippen LogP) is 2.60. The number of nitrogens with zero attached hydrogens (tertiary/aromatic N) is 4. The minimum Gasteiger partial charge on any atom is -0.497 e. The van der Waals surface area contributed by atoms with Crippen LogP contribution in [-0.4, -0.2) is 52.4 Å². The van der Waals surface area contributed by atoms with Crippen LogP contribution in [0.4, 0.5) is 0 Å². The van der Waals surface area contributed by atoms with Crippen molar-refractivity contribution >= 4 is 5.91 Å². The average Bonchev–Trinajstić information content (AvgIpc) is 3.13. The second-order valence-corrected chi connectivity index (χ2v) is 7.89. The fourth-order valence-corrected chi connectivity index (χ4v) is 3.91. The summed E-state index contributed by atoms with van der Waals surface area (Å²) < 4.78 is 13.0. The van der Waals surface area contributed by atoms with E-state index < -0.39 is 0 Å². The topological polar surface area (TPSA) is 81.5 Å². The first kappa shape index (κ1) is 21.8. The molecule has 0 bridgehead atoms. The number of carbonyl (C=O) groups excluding carboxylic acids is 1. The highest BCUT2D eigenvalue weighted by Gasteiger charge is 2.23. The van der Waals surface area contributed by atoms with Crippen molar-refractivity contribution in [1.82, 2.24) is 25.0 Å². The van der Waals surface area contributed by atoms with E-state index in [0.717, 1.165) is 50.0 Å². The molecule has 8 nitrogen and oxygen atoms in total. The van der Waals surface area contributed by atoms with Gasteiger partial charge in [0.2, 0.25) is 0 Å². The van der Waals surface area contributed by atoms with E-state index in [1.165, 1.54) is 5.56 Å². The summed E-state index contributed by atoms with van der Waals surface area (Å²) in [6.45, 7) is 5.31. The first-order chi connectivity index (χ1) is 15.6. The monoisotopic (exact) mass is 435 g/mol. The molecule has 8 heteroatoms. The number of hydrogen-bond donors (Lipinski definition) is 1. The van der Waals surface area contributed by atoms with Crippen LogP contribution in [0.1, 0.15) is 30.2 Å². The number of hydrogen-bond acceptors (Lipinski definition) is 6. The third kappa shape index (κ3) is 5.45. The number of aromatic nitrogens is 3. The van der Waals surface area contributed by atoms with Gasteiger partial charge in [-0.25, -0.2) is 0 Å². The van der Waals surface area contributed by atoms with Crippen LogP contribution in [0.2, 0.25) is 0 Å². The minimum absolute atomic E-state index is 0.0380. The lowest BCUT2D eigenvalue weighted by molar-refractivity contribution is -0.123. The molecule has 0 fully saturated rings. The van der Waals surface area contributed by atoms with Gasteiger partial charge in [-0.15, -0.1) is 10.2 Å². The summed E-state index contributed by atoms with van der Waals surface area (Å²) in [5.74, 6) is 3.08. The Balaban J connectivity index is 1.33. The molecule has 3 aromatic rings. The maximum absolute atomic E-state index is 12.4. The summed E-state index contributed by atoms with van der Waals surface area (Å²) in [6, 6.07) is 17.2. The number of ether oxygens (including phenoxy) is 2. The summed E-state index contributed by atoms with van der Waals surface area (Å²) in [6.07, 6.45) is 0.814. The molecule has 1 N–H and O–H groups in total. The molecule has 1 atom stereocenters. The van der Waals surface area contributed by atoms with Crippen molar-refractivity contribution in [1.29, 1.82) is 0 Å². The molecule has 0 radical (unpaired) electrons. The number of nitrogens with one attached hydrogen (secondary N) is 1. The van der Waals surface area contributed by atoms with E-state index in [4.69, 9.17) is 9.47 Å². The summed E-state index contributed by atoms with van der Waals surface area (Å²) in [4.78, 5) is 14.8. The molecule has 0 spiro atoms. The van der Waals surface area contributed by atoms with Gasteiger partial charge in [0.15, 0.2) is 12.4 Å². The number of fused-ring (bicyclic) bond motifs is 1. The Bertz CT molecular complexity index is 1040. The Morgan fingerprint density at radius 2 is 1.88 bits per heavy atom. The van der Waals surface area contributed by atoms with Gasteiger partial charge >= 0.3 is 0 Å². The van der Waals surface area contributed by atoms with Crippen LogP contribution in [0.5, 0.6) is 11.5 Å². The van der Waals surface area contributed by atoms with E-state index in [2.05, 4.69) is 37.1 Å². The number of methoxy groups -OCH3 is 1. The van der Waals surface area contributed by atoms with Crippen LogP contribution < -0.4 is 14.8 Å². The van der Waals surface area contributed by atoms with Crippen LogP contribution >= 0.6 is 0 Å². The number of carbonyl (C=O) groups is 1. The Morgan fingerprint density at radius 3 is 2.69 bits per heavy atom. The van der Waals surface area contributed by atoms with Crippen LogP contribution in [-0.2, 0) is 24.3 Å². The number of rotatable bonds is 8. The Labute approximate surface area is 188 Å². The molecule has 2 aromatic carbocycles. The van der Waals surface area contributed by atoms with Crippen LogP contribution in [0.15, 0.2) is 54.6 Å². The SMILES string of the molecule is COc1cccc(CN2CCc3nnc([C@@H](C)NC(=O)COc4ccccc4)n3CC2)c1. The average molecular weight is 436 g/mol. The molecule has 168 valence electrons. The molecular formula is C24H29N5O3. The summed E-state index contributed by atoms with van der Waals surface area (Å²) >= 11 is 0. The minimum atomic E-state index is -0.256. The Kier molecular flexibility index (Phi) is 7.01. The Morgan fingerprint density at radius 1 is 1.06 bits per heavy atom. The first-order valence-electron chi connectivity index (χ1n) is 10.9. The zero-order valence-electron chi connectivity index (χ0n) is 18.5. The van der Waals surface area contributed by atoms with E-state index in [1.54, 1.807) is 7.11 Å². The highest BCUT2D eigenvalue weighted by atomic mass is 16.5. The first-order valence-corrected chi connectivity index (χ1v) is 10.9. The second-order valence-electron chi connectivity index (χ2n) is 7.89. The van der Waals surface area contributed by atoms with E-state index in [-0.39, 0.29) is 18.6 Å². The lowest BCUT2D eigenvalue weighted by atomic mass is 10.2. The summed E-state index contributed by atoms with van der Waals surface area (Å²) in [7, 11) is 1.69. The van der Waals surface area contributed by atoms with Crippen molar-refractivity contribution in [2.45, 2.75) is 32.5 Å². The van der Waals surface area contributed by atoms with Crippen molar-refractivity contribution < 1.29 is 14.3 Å². The molecule has 32 heavy (non-hydrogen) atoms. The quantitative estimate of drug-likeness (QED) is 0.586. The standard InChI is InChI=1S/C24H29N5O3/c1-18(25-23(30)17-32-20-8-4-3-5-9-20)24-27-26-22-11-12-28(13-14-29(22)24)16-19-7-6-10-21(15-19)31-2/h3-10,15,18H,11-14,16-17H2,1-2H3,(H,25,30)/t18-/m1/s1. The molecule has 1 aliphatic rings. The molecule has 1 aliphatic heterocycles.